The van der Waals surface area contributed by atoms with Crippen molar-refractivity contribution in [3.63, 3.8) is 0 Å². The van der Waals surface area contributed by atoms with Gasteiger partial charge < -0.3 is 19.7 Å². The molecule has 1 aromatic heterocycles. The van der Waals surface area contributed by atoms with Crippen molar-refractivity contribution in [2.45, 2.75) is 64.1 Å². The summed E-state index contributed by atoms with van der Waals surface area (Å²) in [5, 5.41) is 31.1. The number of benzene rings is 1. The molecular weight excluding hydrogens is 583 g/mol. The van der Waals surface area contributed by atoms with Gasteiger partial charge in [0, 0.05) is 29.3 Å². The van der Waals surface area contributed by atoms with Crippen molar-refractivity contribution in [1.82, 2.24) is 4.98 Å². The van der Waals surface area contributed by atoms with Crippen molar-refractivity contribution in [1.29, 1.82) is 10.7 Å². The molecule has 2 aromatic rings. The van der Waals surface area contributed by atoms with Crippen molar-refractivity contribution >= 4 is 34.7 Å². The number of fused-ring (bicyclic) bond motifs is 5. The Morgan fingerprint density at radius 2 is 2.09 bits per heavy atom. The molecule has 0 saturated heterocycles. The number of carbonyl (C=O) groups excluding carboxylic acids is 2. The van der Waals surface area contributed by atoms with Crippen LogP contribution in [0.25, 0.3) is 0 Å². The summed E-state index contributed by atoms with van der Waals surface area (Å²) in [5.74, 6) is -1.20. The van der Waals surface area contributed by atoms with Crippen molar-refractivity contribution < 1.29 is 33.6 Å². The topological polar surface area (TPSA) is 154 Å². The van der Waals surface area contributed by atoms with Crippen LogP contribution in [0.3, 0.4) is 0 Å². The van der Waals surface area contributed by atoms with Gasteiger partial charge in [-0.15, -0.1) is 0 Å². The van der Waals surface area contributed by atoms with Gasteiger partial charge in [-0.05, 0) is 79.9 Å². The van der Waals surface area contributed by atoms with Crippen LogP contribution in [0.4, 0.5) is 10.1 Å². The molecule has 0 spiro atoms. The standard InChI is InChI=1S/C33H35FN4O5S/c1-31-14-19(16-36)25(38-22-6-4-21(34)5-7-22)13-20(31)3-8-23-24-9-10-33(30(41)44-12-11-35,32(24,2)15-27(39)28(23)31)43-29(40)26-17-42-18-37-26/h4-7,13,16-18,23-24,27-28,36,38-39H,3,8-10,12,14-15H2,1-2H3/p+1/t23-,24?,27-,28?,31-,32-,33-/m0/s1. The van der Waals surface area contributed by atoms with Crippen molar-refractivity contribution in [3.8, 4) is 6.07 Å². The smallest absolute Gasteiger partial charge is 0.361 e. The molecule has 2 unspecified atom stereocenters. The van der Waals surface area contributed by atoms with Crippen molar-refractivity contribution in [2.24, 2.45) is 28.6 Å². The summed E-state index contributed by atoms with van der Waals surface area (Å²) in [6.45, 7) is 4.14. The molecule has 1 heterocycles. The Morgan fingerprint density at radius 1 is 1.32 bits per heavy atom. The second-order valence-corrected chi connectivity index (χ2v) is 13.9. The summed E-state index contributed by atoms with van der Waals surface area (Å²) in [7, 11) is 0. The number of allylic oxidation sites excluding steroid dienone is 3. The highest BCUT2D eigenvalue weighted by Gasteiger charge is 2.70. The van der Waals surface area contributed by atoms with Gasteiger partial charge >= 0.3 is 5.97 Å². The quantitative estimate of drug-likeness (QED) is 0.226. The number of hydrogen-bond acceptors (Lipinski definition) is 9. The van der Waals surface area contributed by atoms with Crippen LogP contribution in [0.15, 0.2) is 64.3 Å². The van der Waals surface area contributed by atoms with Crippen LogP contribution in [0.1, 0.15) is 62.9 Å². The number of oxazole rings is 1. The lowest BCUT2D eigenvalue weighted by atomic mass is 9.45. The lowest BCUT2D eigenvalue weighted by Gasteiger charge is -2.60. The Kier molecular flexibility index (Phi) is 7.89. The minimum absolute atomic E-state index is 0.00870. The third-order valence-electron chi connectivity index (χ3n) is 10.9. The minimum Gasteiger partial charge on any atom is -0.451 e. The summed E-state index contributed by atoms with van der Waals surface area (Å²) >= 11 is 0.852. The number of nitrogens with two attached hydrogens (primary N) is 1. The maximum atomic E-state index is 13.9. The predicted octanol–water partition coefficient (Wildman–Crippen LogP) is 4.83. The molecule has 44 heavy (non-hydrogen) atoms. The van der Waals surface area contributed by atoms with Gasteiger partial charge in [-0.25, -0.2) is 14.2 Å². The zero-order valence-electron chi connectivity index (χ0n) is 24.7. The second-order valence-electron chi connectivity index (χ2n) is 13.0. The van der Waals surface area contributed by atoms with Gasteiger partial charge in [0.2, 0.25) is 5.12 Å². The lowest BCUT2D eigenvalue weighted by molar-refractivity contribution is -0.513. The monoisotopic (exact) mass is 619 g/mol. The van der Waals surface area contributed by atoms with Crippen LogP contribution in [0.2, 0.25) is 0 Å². The Morgan fingerprint density at radius 3 is 2.77 bits per heavy atom. The van der Waals surface area contributed by atoms with E-state index >= 15 is 0 Å². The number of nitrogens with one attached hydrogen (secondary N) is 1. The number of nitriles is 1. The molecule has 230 valence electrons. The van der Waals surface area contributed by atoms with Gasteiger partial charge in [0.1, 0.15) is 23.5 Å². The molecule has 0 amide bonds. The maximum Gasteiger partial charge on any atom is 0.361 e. The number of hydrogen-bond donors (Lipinski definition) is 3. The van der Waals surface area contributed by atoms with Crippen LogP contribution < -0.4 is 5.32 Å². The normalized spacial score (nSPS) is 34.2. The minimum atomic E-state index is -1.53. The van der Waals surface area contributed by atoms with Crippen molar-refractivity contribution in [2.75, 3.05) is 5.75 Å². The molecule has 0 bridgehead atoms. The number of halogens is 1. The number of rotatable bonds is 7. The molecule has 6 rings (SSSR count). The van der Waals surface area contributed by atoms with E-state index in [-0.39, 0.29) is 46.6 Å². The first-order valence-electron chi connectivity index (χ1n) is 14.9. The van der Waals surface area contributed by atoms with Crippen LogP contribution in [0, 0.1) is 51.1 Å². The van der Waals surface area contributed by atoms with E-state index in [1.54, 1.807) is 12.1 Å². The van der Waals surface area contributed by atoms with E-state index in [1.807, 2.05) is 18.3 Å². The van der Waals surface area contributed by atoms with E-state index < -0.39 is 28.5 Å². The molecule has 7 atom stereocenters. The molecule has 4 aliphatic carbocycles. The Hall–Kier alpha value is -3.59. The fourth-order valence-corrected chi connectivity index (χ4v) is 9.80. The van der Waals surface area contributed by atoms with E-state index in [9.17, 15) is 24.3 Å². The molecule has 1 aromatic carbocycles. The average molecular weight is 620 g/mol. The van der Waals surface area contributed by atoms with E-state index in [2.05, 4.69) is 18.0 Å². The Labute approximate surface area is 259 Å². The van der Waals surface area contributed by atoms with Crippen LogP contribution >= 0.6 is 11.8 Å². The number of quaternary nitrogens is 1. The van der Waals surface area contributed by atoms with Crippen LogP contribution in [-0.2, 0) is 9.53 Å². The van der Waals surface area contributed by atoms with Gasteiger partial charge in [-0.2, -0.15) is 5.26 Å². The summed E-state index contributed by atoms with van der Waals surface area (Å²) < 4.78 is 24.6. The highest BCUT2D eigenvalue weighted by atomic mass is 32.2. The highest BCUT2D eigenvalue weighted by Crippen LogP contribution is 2.69. The van der Waals surface area contributed by atoms with Crippen LogP contribution in [0.5, 0.6) is 0 Å². The third-order valence-corrected chi connectivity index (χ3v) is 11.8. The van der Waals surface area contributed by atoms with Gasteiger partial charge in [0.15, 0.2) is 17.7 Å². The molecule has 9 nitrogen and oxygen atoms in total. The predicted molar refractivity (Wildman–Crippen MR) is 160 cm³/mol. The zero-order valence-corrected chi connectivity index (χ0v) is 25.5. The number of ether oxygens (including phenoxy) is 1. The molecule has 4 N–H and O–H groups in total. The number of esters is 1. The van der Waals surface area contributed by atoms with Gasteiger partial charge in [0.25, 0.3) is 0 Å². The number of aliphatic hydroxyl groups is 1. The average Bonchev–Trinajstić information content (AvgIpc) is 3.64. The lowest BCUT2D eigenvalue weighted by Crippen LogP contribution is -2.76. The Balaban J connectivity index is 1.33. The van der Waals surface area contributed by atoms with E-state index in [4.69, 9.17) is 14.6 Å². The SMILES string of the molecule is C[C@]12CC(C=N)=C([NH2+]c3ccc(F)cc3)C=C1CC[C@@H]1C2[C@@H](O)C[C@@]2(C)C1CC[C@]2(OC(=O)c1cocn1)C(=O)SCC#N. The Bertz CT molecular complexity index is 1580. The first kappa shape index (κ1) is 30.4. The summed E-state index contributed by atoms with van der Waals surface area (Å²) in [6, 6.07) is 8.28. The molecule has 0 radical (unpaired) electrons. The van der Waals surface area contributed by atoms with Crippen molar-refractivity contribution in [3.05, 3.63) is 71.4 Å². The summed E-state index contributed by atoms with van der Waals surface area (Å²) in [6.07, 6.45) is 8.42. The molecular formula is C33H36FN4O5S+. The first-order chi connectivity index (χ1) is 21.1. The second kappa shape index (κ2) is 11.4. The number of aliphatic hydroxyl groups excluding tert-OH is 1. The molecule has 4 aliphatic rings. The zero-order chi connectivity index (χ0) is 31.3. The molecule has 0 aliphatic heterocycles. The van der Waals surface area contributed by atoms with E-state index in [0.29, 0.717) is 19.3 Å². The molecule has 3 fully saturated rings. The van der Waals surface area contributed by atoms with Gasteiger partial charge in [-0.3, -0.25) is 10.1 Å². The van der Waals surface area contributed by atoms with E-state index in [0.717, 1.165) is 48.0 Å². The number of carbonyl (C=O) groups is 2. The third kappa shape index (κ3) is 4.75. The molecule has 11 heteroatoms. The fourth-order valence-electron chi connectivity index (χ4n) is 9.00. The highest BCUT2D eigenvalue weighted by molar-refractivity contribution is 8.14. The van der Waals surface area contributed by atoms with Gasteiger partial charge in [0.05, 0.1) is 17.9 Å². The summed E-state index contributed by atoms with van der Waals surface area (Å²) in [4.78, 5) is 31.0. The summed E-state index contributed by atoms with van der Waals surface area (Å²) in [5.41, 5.74) is 1.03. The number of aromatic nitrogens is 1. The van der Waals surface area contributed by atoms with E-state index in [1.165, 1.54) is 30.2 Å². The fraction of sp³-hybridized carbons (Fsp3) is 0.485. The largest absolute Gasteiger partial charge is 0.451 e. The first-order valence-corrected chi connectivity index (χ1v) is 15.9. The molecule has 3 saturated carbocycles. The maximum absolute atomic E-state index is 13.9. The van der Waals surface area contributed by atoms with Crippen LogP contribution in [-0.4, -0.2) is 44.8 Å². The number of nitrogens with zero attached hydrogens (tertiary/aromatic N) is 2. The number of thioether (sulfide) groups is 1. The van der Waals surface area contributed by atoms with Gasteiger partial charge in [-0.1, -0.05) is 31.2 Å².